The predicted molar refractivity (Wildman–Crippen MR) is 66.9 cm³/mol. The van der Waals surface area contributed by atoms with Gasteiger partial charge in [-0.15, -0.1) is 0 Å². The molecule has 0 aliphatic carbocycles. The van der Waals surface area contributed by atoms with Crippen molar-refractivity contribution in [3.8, 4) is 5.75 Å². The number of allylic oxidation sites excluding steroid dienone is 1. The number of esters is 1. The summed E-state index contributed by atoms with van der Waals surface area (Å²) in [4.78, 5) is 11.3. The molecule has 1 rings (SSSR count). The molecule has 4 heteroatoms. The largest absolute Gasteiger partial charge is 0.507 e. The number of rotatable bonds is 4. The summed E-state index contributed by atoms with van der Waals surface area (Å²) in [5, 5.41) is 10.4. The van der Waals surface area contributed by atoms with Gasteiger partial charge >= 0.3 is 5.97 Å². The highest BCUT2D eigenvalue weighted by Gasteiger charge is 2.10. The molecule has 0 heterocycles. The van der Waals surface area contributed by atoms with Crippen molar-refractivity contribution in [2.45, 2.75) is 6.42 Å². The van der Waals surface area contributed by atoms with Crippen LogP contribution in [0.3, 0.4) is 0 Å². The van der Waals surface area contributed by atoms with Crippen LogP contribution < -0.4 is 0 Å². The number of ether oxygens (including phenoxy) is 1. The van der Waals surface area contributed by atoms with Crippen LogP contribution in [0.15, 0.2) is 24.3 Å². The Kier molecular flexibility index (Phi) is 5.05. The van der Waals surface area contributed by atoms with Crippen LogP contribution in [0.25, 0.3) is 6.08 Å². The van der Waals surface area contributed by atoms with Gasteiger partial charge in [-0.1, -0.05) is 34.1 Å². The van der Waals surface area contributed by atoms with E-state index in [-0.39, 0.29) is 11.3 Å². The van der Waals surface area contributed by atoms with Gasteiger partial charge in [0, 0.05) is 5.33 Å². The summed E-state index contributed by atoms with van der Waals surface area (Å²) in [6.07, 6.45) is 4.80. The Morgan fingerprint density at radius 2 is 2.31 bits per heavy atom. The smallest absolute Gasteiger partial charge is 0.341 e. The van der Waals surface area contributed by atoms with Crippen molar-refractivity contribution in [2.24, 2.45) is 0 Å². The SMILES string of the molecule is COC(=O)c1cc(C=CCCBr)ccc1O. The number of methoxy groups -OCH3 is 1. The molecule has 0 amide bonds. The van der Waals surface area contributed by atoms with Gasteiger partial charge in [0.05, 0.1) is 7.11 Å². The molecule has 0 spiro atoms. The summed E-state index contributed by atoms with van der Waals surface area (Å²) in [5.41, 5.74) is 1.04. The maximum Gasteiger partial charge on any atom is 0.341 e. The number of carbonyl (C=O) groups excluding carboxylic acids is 1. The molecule has 1 aromatic rings. The van der Waals surface area contributed by atoms with E-state index in [0.29, 0.717) is 0 Å². The summed E-state index contributed by atoms with van der Waals surface area (Å²) in [6.45, 7) is 0. The van der Waals surface area contributed by atoms with Crippen LogP contribution in [0.1, 0.15) is 22.3 Å². The molecule has 0 aromatic heterocycles. The lowest BCUT2D eigenvalue weighted by Crippen LogP contribution is -2.01. The molecule has 0 radical (unpaired) electrons. The van der Waals surface area contributed by atoms with Crippen LogP contribution in [0, 0.1) is 0 Å². The summed E-state index contributed by atoms with van der Waals surface area (Å²) in [6, 6.07) is 4.83. The minimum atomic E-state index is -0.534. The fraction of sp³-hybridized carbons (Fsp3) is 0.250. The van der Waals surface area contributed by atoms with E-state index in [2.05, 4.69) is 20.7 Å². The molecule has 1 N–H and O–H groups in total. The molecule has 0 aliphatic heterocycles. The normalized spacial score (nSPS) is 10.6. The number of phenolic OH excluding ortho intramolecular Hbond substituents is 1. The highest BCUT2D eigenvalue weighted by molar-refractivity contribution is 9.09. The van der Waals surface area contributed by atoms with Crippen LogP contribution in [0.4, 0.5) is 0 Å². The lowest BCUT2D eigenvalue weighted by Gasteiger charge is -2.03. The Hall–Kier alpha value is -1.29. The monoisotopic (exact) mass is 284 g/mol. The van der Waals surface area contributed by atoms with Crippen LogP contribution in [-0.2, 0) is 4.74 Å². The number of hydrogen-bond acceptors (Lipinski definition) is 3. The minimum absolute atomic E-state index is 0.0653. The molecular weight excluding hydrogens is 272 g/mol. The molecule has 0 atom stereocenters. The highest BCUT2D eigenvalue weighted by Crippen LogP contribution is 2.20. The third-order valence-corrected chi connectivity index (χ3v) is 2.47. The van der Waals surface area contributed by atoms with E-state index in [1.807, 2.05) is 12.2 Å². The molecule has 16 heavy (non-hydrogen) atoms. The fourth-order valence-electron chi connectivity index (χ4n) is 1.21. The van der Waals surface area contributed by atoms with E-state index in [9.17, 15) is 9.90 Å². The first kappa shape index (κ1) is 12.8. The van der Waals surface area contributed by atoms with E-state index >= 15 is 0 Å². The maximum absolute atomic E-state index is 11.3. The van der Waals surface area contributed by atoms with Gasteiger partial charge in [0.2, 0.25) is 0 Å². The van der Waals surface area contributed by atoms with Crippen LogP contribution in [-0.4, -0.2) is 23.5 Å². The molecule has 1 aromatic carbocycles. The second kappa shape index (κ2) is 6.33. The van der Waals surface area contributed by atoms with Gasteiger partial charge in [-0.2, -0.15) is 0 Å². The molecule has 0 bridgehead atoms. The van der Waals surface area contributed by atoms with Gasteiger partial charge < -0.3 is 9.84 Å². The molecule has 0 saturated carbocycles. The minimum Gasteiger partial charge on any atom is -0.507 e. The molecular formula is C12H13BrO3. The Balaban J connectivity index is 2.93. The van der Waals surface area contributed by atoms with Crippen molar-refractivity contribution in [1.82, 2.24) is 0 Å². The molecule has 0 saturated heterocycles. The molecule has 86 valence electrons. The summed E-state index contributed by atoms with van der Waals surface area (Å²) < 4.78 is 4.57. The summed E-state index contributed by atoms with van der Waals surface area (Å²) in [5.74, 6) is -0.599. The number of phenols is 1. The van der Waals surface area contributed by atoms with E-state index in [1.54, 1.807) is 12.1 Å². The van der Waals surface area contributed by atoms with E-state index < -0.39 is 5.97 Å². The van der Waals surface area contributed by atoms with E-state index in [0.717, 1.165) is 17.3 Å². The third-order valence-electron chi connectivity index (χ3n) is 2.01. The van der Waals surface area contributed by atoms with Gasteiger partial charge in [-0.25, -0.2) is 4.79 Å². The first-order valence-electron chi connectivity index (χ1n) is 4.83. The first-order chi connectivity index (χ1) is 7.69. The number of alkyl halides is 1. The van der Waals surface area contributed by atoms with Crippen LogP contribution in [0.5, 0.6) is 5.75 Å². The van der Waals surface area contributed by atoms with Crippen molar-refractivity contribution in [3.05, 3.63) is 35.4 Å². The van der Waals surface area contributed by atoms with Gasteiger partial charge in [0.25, 0.3) is 0 Å². The van der Waals surface area contributed by atoms with Gasteiger partial charge in [0.1, 0.15) is 11.3 Å². The summed E-state index contributed by atoms with van der Waals surface area (Å²) in [7, 11) is 1.29. The standard InChI is InChI=1S/C12H13BrO3/c1-16-12(15)10-8-9(4-2-3-7-13)5-6-11(10)14/h2,4-6,8,14H,3,7H2,1H3. The Bertz CT molecular complexity index is 399. The van der Waals surface area contributed by atoms with Crippen LogP contribution in [0.2, 0.25) is 0 Å². The van der Waals surface area contributed by atoms with Crippen molar-refractivity contribution in [3.63, 3.8) is 0 Å². The number of halogens is 1. The van der Waals surface area contributed by atoms with Gasteiger partial charge in [0.15, 0.2) is 0 Å². The first-order valence-corrected chi connectivity index (χ1v) is 5.95. The van der Waals surface area contributed by atoms with Crippen molar-refractivity contribution >= 4 is 28.0 Å². The quantitative estimate of drug-likeness (QED) is 0.683. The van der Waals surface area contributed by atoms with E-state index in [1.165, 1.54) is 13.2 Å². The number of benzene rings is 1. The average molecular weight is 285 g/mol. The molecule has 0 aliphatic rings. The third kappa shape index (κ3) is 3.38. The topological polar surface area (TPSA) is 46.5 Å². The lowest BCUT2D eigenvalue weighted by molar-refractivity contribution is 0.0597. The summed E-state index contributed by atoms with van der Waals surface area (Å²) >= 11 is 3.32. The molecule has 0 unspecified atom stereocenters. The Morgan fingerprint density at radius 1 is 1.56 bits per heavy atom. The van der Waals surface area contributed by atoms with Gasteiger partial charge in [-0.3, -0.25) is 0 Å². The van der Waals surface area contributed by atoms with Gasteiger partial charge in [-0.05, 0) is 24.1 Å². The fourth-order valence-corrected chi connectivity index (χ4v) is 1.48. The Morgan fingerprint density at radius 3 is 2.94 bits per heavy atom. The number of aromatic hydroxyl groups is 1. The van der Waals surface area contributed by atoms with Crippen molar-refractivity contribution in [1.29, 1.82) is 0 Å². The zero-order valence-corrected chi connectivity index (χ0v) is 10.5. The molecule has 0 fully saturated rings. The highest BCUT2D eigenvalue weighted by atomic mass is 79.9. The van der Waals surface area contributed by atoms with Crippen LogP contribution >= 0.6 is 15.9 Å². The van der Waals surface area contributed by atoms with Crippen molar-refractivity contribution in [2.75, 3.05) is 12.4 Å². The molecule has 3 nitrogen and oxygen atoms in total. The zero-order valence-electron chi connectivity index (χ0n) is 8.94. The Labute approximate surface area is 103 Å². The second-order valence-electron chi connectivity index (χ2n) is 3.15. The zero-order chi connectivity index (χ0) is 12.0. The number of carbonyl (C=O) groups is 1. The lowest BCUT2D eigenvalue weighted by atomic mass is 10.1. The maximum atomic E-state index is 11.3. The average Bonchev–Trinajstić information content (AvgIpc) is 2.30. The predicted octanol–water partition coefficient (Wildman–Crippen LogP) is 2.98. The number of hydrogen-bond donors (Lipinski definition) is 1. The van der Waals surface area contributed by atoms with E-state index in [4.69, 9.17) is 0 Å². The van der Waals surface area contributed by atoms with Crippen molar-refractivity contribution < 1.29 is 14.6 Å². The second-order valence-corrected chi connectivity index (χ2v) is 3.94.